The van der Waals surface area contributed by atoms with Gasteiger partial charge in [0.05, 0.1) is 11.0 Å². The summed E-state index contributed by atoms with van der Waals surface area (Å²) in [5.74, 6) is 1.11. The average molecular weight is 229 g/mol. The van der Waals surface area contributed by atoms with Crippen molar-refractivity contribution in [2.45, 2.75) is 32.1 Å². The van der Waals surface area contributed by atoms with E-state index in [0.717, 1.165) is 29.8 Å². The van der Waals surface area contributed by atoms with Crippen LogP contribution in [0.25, 0.3) is 11.0 Å². The molecule has 90 valence electrons. The minimum absolute atomic E-state index is 0.492. The molecule has 1 aliphatic rings. The summed E-state index contributed by atoms with van der Waals surface area (Å²) in [6.45, 7) is 0.854. The Labute approximate surface area is 101 Å². The summed E-state index contributed by atoms with van der Waals surface area (Å²) in [6.07, 6.45) is 6.13. The first-order valence-corrected chi connectivity index (χ1v) is 6.45. The number of imidazole rings is 1. The van der Waals surface area contributed by atoms with E-state index in [0.29, 0.717) is 5.41 Å². The van der Waals surface area contributed by atoms with Crippen molar-refractivity contribution >= 4 is 11.0 Å². The van der Waals surface area contributed by atoms with Gasteiger partial charge in [-0.05, 0) is 49.8 Å². The number of aromatic amines is 1. The standard InChI is InChI=1S/C14H19N3/c15-10-14(8-9-14)7-3-6-13-16-11-4-1-2-5-12(11)17-13/h1-2,4-5H,3,6-10,15H2,(H,16,17). The van der Waals surface area contributed by atoms with Gasteiger partial charge in [-0.25, -0.2) is 4.98 Å². The highest BCUT2D eigenvalue weighted by molar-refractivity contribution is 5.74. The van der Waals surface area contributed by atoms with Crippen LogP contribution in [0.3, 0.4) is 0 Å². The quantitative estimate of drug-likeness (QED) is 0.828. The first kappa shape index (κ1) is 10.8. The number of benzene rings is 1. The summed E-state index contributed by atoms with van der Waals surface area (Å²) in [4.78, 5) is 7.97. The second kappa shape index (κ2) is 4.15. The van der Waals surface area contributed by atoms with Crippen LogP contribution in [0.4, 0.5) is 0 Å². The van der Waals surface area contributed by atoms with Gasteiger partial charge >= 0.3 is 0 Å². The fraction of sp³-hybridized carbons (Fsp3) is 0.500. The van der Waals surface area contributed by atoms with Gasteiger partial charge in [-0.1, -0.05) is 12.1 Å². The lowest BCUT2D eigenvalue weighted by atomic mass is 9.99. The summed E-state index contributed by atoms with van der Waals surface area (Å²) >= 11 is 0. The molecule has 0 atom stereocenters. The Balaban J connectivity index is 1.61. The number of rotatable bonds is 5. The number of fused-ring (bicyclic) bond motifs is 1. The molecule has 3 rings (SSSR count). The molecule has 1 aromatic heterocycles. The molecular formula is C14H19N3. The molecule has 1 aliphatic carbocycles. The predicted octanol–water partition coefficient (Wildman–Crippen LogP) is 2.62. The van der Waals surface area contributed by atoms with Crippen LogP contribution >= 0.6 is 0 Å². The van der Waals surface area contributed by atoms with Gasteiger partial charge in [0.1, 0.15) is 5.82 Å². The number of nitrogens with one attached hydrogen (secondary N) is 1. The molecule has 17 heavy (non-hydrogen) atoms. The smallest absolute Gasteiger partial charge is 0.107 e. The van der Waals surface area contributed by atoms with Crippen molar-refractivity contribution in [1.82, 2.24) is 9.97 Å². The Morgan fingerprint density at radius 2 is 2.12 bits per heavy atom. The van der Waals surface area contributed by atoms with Gasteiger partial charge in [0.15, 0.2) is 0 Å². The largest absolute Gasteiger partial charge is 0.342 e. The van der Waals surface area contributed by atoms with Crippen LogP contribution in [0.2, 0.25) is 0 Å². The van der Waals surface area contributed by atoms with Crippen LogP contribution in [-0.2, 0) is 6.42 Å². The van der Waals surface area contributed by atoms with Crippen LogP contribution in [0.1, 0.15) is 31.5 Å². The third kappa shape index (κ3) is 2.20. The molecule has 0 bridgehead atoms. The van der Waals surface area contributed by atoms with Gasteiger partial charge in [0.2, 0.25) is 0 Å². The monoisotopic (exact) mass is 229 g/mol. The fourth-order valence-corrected chi connectivity index (χ4v) is 2.49. The van der Waals surface area contributed by atoms with Gasteiger partial charge in [0, 0.05) is 6.42 Å². The zero-order valence-corrected chi connectivity index (χ0v) is 10.1. The number of H-pyrrole nitrogens is 1. The normalized spacial score (nSPS) is 17.5. The highest BCUT2D eigenvalue weighted by Gasteiger charge is 2.40. The van der Waals surface area contributed by atoms with E-state index in [4.69, 9.17) is 5.73 Å². The lowest BCUT2D eigenvalue weighted by Crippen LogP contribution is -2.15. The maximum Gasteiger partial charge on any atom is 0.107 e. The van der Waals surface area contributed by atoms with Crippen molar-refractivity contribution < 1.29 is 0 Å². The van der Waals surface area contributed by atoms with E-state index in [1.165, 1.54) is 25.7 Å². The van der Waals surface area contributed by atoms with Crippen molar-refractivity contribution in [1.29, 1.82) is 0 Å². The zero-order valence-electron chi connectivity index (χ0n) is 10.1. The van der Waals surface area contributed by atoms with E-state index >= 15 is 0 Å². The van der Waals surface area contributed by atoms with Gasteiger partial charge in [-0.15, -0.1) is 0 Å². The van der Waals surface area contributed by atoms with Crippen LogP contribution in [-0.4, -0.2) is 16.5 Å². The van der Waals surface area contributed by atoms with Crippen molar-refractivity contribution in [2.75, 3.05) is 6.54 Å². The minimum Gasteiger partial charge on any atom is -0.342 e. The first-order valence-electron chi connectivity index (χ1n) is 6.45. The van der Waals surface area contributed by atoms with Crippen molar-refractivity contribution in [3.05, 3.63) is 30.1 Å². The first-order chi connectivity index (χ1) is 8.31. The van der Waals surface area contributed by atoms with E-state index in [2.05, 4.69) is 22.1 Å². The highest BCUT2D eigenvalue weighted by Crippen LogP contribution is 2.48. The van der Waals surface area contributed by atoms with E-state index in [1.807, 2.05) is 12.1 Å². The molecule has 2 aromatic rings. The molecule has 1 aromatic carbocycles. The Hall–Kier alpha value is -1.35. The number of aromatic nitrogens is 2. The minimum atomic E-state index is 0.492. The van der Waals surface area contributed by atoms with Gasteiger partial charge in [-0.2, -0.15) is 0 Å². The van der Waals surface area contributed by atoms with Crippen LogP contribution < -0.4 is 5.73 Å². The number of hydrogen-bond acceptors (Lipinski definition) is 2. The zero-order chi connectivity index (χ0) is 11.7. The van der Waals surface area contributed by atoms with Crippen molar-refractivity contribution in [2.24, 2.45) is 11.1 Å². The topological polar surface area (TPSA) is 54.7 Å². The molecule has 0 amide bonds. The van der Waals surface area contributed by atoms with Crippen LogP contribution in [0, 0.1) is 5.41 Å². The number of hydrogen-bond donors (Lipinski definition) is 2. The SMILES string of the molecule is NCC1(CCCc2nc3ccccc3[nH]2)CC1. The molecule has 0 saturated heterocycles. The Kier molecular flexibility index (Phi) is 2.63. The summed E-state index contributed by atoms with van der Waals surface area (Å²) in [7, 11) is 0. The molecule has 1 fully saturated rings. The van der Waals surface area contributed by atoms with E-state index in [-0.39, 0.29) is 0 Å². The summed E-state index contributed by atoms with van der Waals surface area (Å²) < 4.78 is 0. The second-order valence-corrected chi connectivity index (χ2v) is 5.26. The fourth-order valence-electron chi connectivity index (χ4n) is 2.49. The number of aryl methyl sites for hydroxylation is 1. The molecule has 3 nitrogen and oxygen atoms in total. The van der Waals surface area contributed by atoms with E-state index in [9.17, 15) is 0 Å². The van der Waals surface area contributed by atoms with Crippen molar-refractivity contribution in [3.8, 4) is 0 Å². The highest BCUT2D eigenvalue weighted by atomic mass is 14.9. The predicted molar refractivity (Wildman–Crippen MR) is 69.8 cm³/mol. The molecule has 1 saturated carbocycles. The van der Waals surface area contributed by atoms with Gasteiger partial charge in [-0.3, -0.25) is 0 Å². The third-order valence-corrected chi connectivity index (χ3v) is 3.95. The second-order valence-electron chi connectivity index (χ2n) is 5.26. The summed E-state index contributed by atoms with van der Waals surface area (Å²) in [5.41, 5.74) is 8.49. The molecule has 0 spiro atoms. The lowest BCUT2D eigenvalue weighted by molar-refractivity contribution is 0.457. The average Bonchev–Trinajstić information content (AvgIpc) is 3.01. The van der Waals surface area contributed by atoms with Crippen LogP contribution in [0.5, 0.6) is 0 Å². The number of nitrogens with two attached hydrogens (primary N) is 1. The molecule has 1 heterocycles. The molecule has 0 radical (unpaired) electrons. The molecule has 3 heteroatoms. The lowest BCUT2D eigenvalue weighted by Gasteiger charge is -2.10. The van der Waals surface area contributed by atoms with Crippen molar-refractivity contribution in [3.63, 3.8) is 0 Å². The molecular weight excluding hydrogens is 210 g/mol. The van der Waals surface area contributed by atoms with Gasteiger partial charge < -0.3 is 10.7 Å². The maximum atomic E-state index is 5.79. The Morgan fingerprint density at radius 3 is 2.82 bits per heavy atom. The molecule has 0 aliphatic heterocycles. The number of nitrogens with zero attached hydrogens (tertiary/aromatic N) is 1. The number of para-hydroxylation sites is 2. The Morgan fingerprint density at radius 1 is 1.29 bits per heavy atom. The van der Waals surface area contributed by atoms with Gasteiger partial charge in [0.25, 0.3) is 0 Å². The van der Waals surface area contributed by atoms with Crippen LogP contribution in [0.15, 0.2) is 24.3 Å². The third-order valence-electron chi connectivity index (χ3n) is 3.95. The Bertz CT molecular complexity index is 478. The molecule has 0 unspecified atom stereocenters. The summed E-state index contributed by atoms with van der Waals surface area (Å²) in [5, 5.41) is 0. The van der Waals surface area contributed by atoms with E-state index < -0.39 is 0 Å². The molecule has 3 N–H and O–H groups in total. The summed E-state index contributed by atoms with van der Waals surface area (Å²) in [6, 6.07) is 8.20. The van der Waals surface area contributed by atoms with E-state index in [1.54, 1.807) is 0 Å². The maximum absolute atomic E-state index is 5.79.